The summed E-state index contributed by atoms with van der Waals surface area (Å²) in [4.78, 5) is 0. The third-order valence-electron chi connectivity index (χ3n) is 1.44. The number of hydrogen-bond donors (Lipinski definition) is 0. The van der Waals surface area contributed by atoms with E-state index in [1.54, 1.807) is 12.2 Å². The van der Waals surface area contributed by atoms with E-state index in [-0.39, 0.29) is 0 Å². The van der Waals surface area contributed by atoms with Gasteiger partial charge in [0.05, 0.1) is 0 Å². The lowest BCUT2D eigenvalue weighted by atomic mass is 10.2. The van der Waals surface area contributed by atoms with Crippen LogP contribution in [0.3, 0.4) is 0 Å². The Labute approximate surface area is 48.7 Å². The smallest absolute Gasteiger partial charge is 0.138 e. The van der Waals surface area contributed by atoms with Crippen LogP contribution in [0, 0.1) is 0 Å². The minimum Gasteiger partial charge on any atom is -0.238 e. The van der Waals surface area contributed by atoms with E-state index in [4.69, 9.17) is 0 Å². The zero-order valence-electron chi connectivity index (χ0n) is 5.11. The molecule has 8 heavy (non-hydrogen) atoms. The first-order valence-corrected chi connectivity index (χ1v) is 2.71. The molecule has 0 fully saturated rings. The van der Waals surface area contributed by atoms with Gasteiger partial charge in [0, 0.05) is 0 Å². The summed E-state index contributed by atoms with van der Waals surface area (Å²) >= 11 is 0. The van der Waals surface area contributed by atoms with Crippen molar-refractivity contribution >= 4 is 0 Å². The molecular weight excluding hydrogens is 103 g/mol. The van der Waals surface area contributed by atoms with Crippen molar-refractivity contribution in [2.45, 2.75) is 20.0 Å². The van der Waals surface area contributed by atoms with Gasteiger partial charge in [-0.15, -0.1) is 0 Å². The van der Waals surface area contributed by atoms with E-state index in [0.717, 1.165) is 11.1 Å². The van der Waals surface area contributed by atoms with Gasteiger partial charge in [-0.2, -0.15) is 0 Å². The molecule has 0 aromatic heterocycles. The molecule has 0 atom stereocenters. The molecule has 0 aliphatic heterocycles. The van der Waals surface area contributed by atoms with Crippen LogP contribution < -0.4 is 0 Å². The van der Waals surface area contributed by atoms with Crippen molar-refractivity contribution in [2.24, 2.45) is 0 Å². The molecule has 0 aromatic carbocycles. The van der Waals surface area contributed by atoms with Gasteiger partial charge >= 0.3 is 0 Å². The summed E-state index contributed by atoms with van der Waals surface area (Å²) in [5.74, 6) is 0. The summed E-state index contributed by atoms with van der Waals surface area (Å²) in [7, 11) is 0. The van der Waals surface area contributed by atoms with Gasteiger partial charge < -0.3 is 0 Å². The predicted molar refractivity (Wildman–Crippen MR) is 32.4 cm³/mol. The molecule has 1 aliphatic rings. The molecule has 0 spiro atoms. The highest BCUT2D eigenvalue weighted by Crippen LogP contribution is 2.19. The Morgan fingerprint density at radius 1 is 1.25 bits per heavy atom. The third kappa shape index (κ3) is 0.808. The molecule has 1 aliphatic carbocycles. The van der Waals surface area contributed by atoms with Crippen LogP contribution >= 0.6 is 0 Å². The average molecular weight is 112 g/mol. The van der Waals surface area contributed by atoms with Crippen molar-refractivity contribution in [3.8, 4) is 0 Å². The van der Waals surface area contributed by atoms with Crippen LogP contribution in [0.25, 0.3) is 0 Å². The fourth-order valence-electron chi connectivity index (χ4n) is 0.789. The van der Waals surface area contributed by atoms with Gasteiger partial charge in [0.2, 0.25) is 0 Å². The van der Waals surface area contributed by atoms with E-state index < -0.39 is 6.17 Å². The second kappa shape index (κ2) is 1.73. The fourth-order valence-corrected chi connectivity index (χ4v) is 0.789. The second-order valence-corrected chi connectivity index (χ2v) is 2.14. The Kier molecular flexibility index (Phi) is 1.20. The van der Waals surface area contributed by atoms with Crippen molar-refractivity contribution in [2.75, 3.05) is 0 Å². The van der Waals surface area contributed by atoms with Crippen LogP contribution in [-0.2, 0) is 0 Å². The Morgan fingerprint density at radius 3 is 1.75 bits per heavy atom. The van der Waals surface area contributed by atoms with Crippen LogP contribution in [0.1, 0.15) is 13.8 Å². The highest BCUT2D eigenvalue weighted by atomic mass is 19.1. The van der Waals surface area contributed by atoms with Crippen molar-refractivity contribution in [3.05, 3.63) is 23.3 Å². The molecule has 0 bridgehead atoms. The second-order valence-electron chi connectivity index (χ2n) is 2.14. The summed E-state index contributed by atoms with van der Waals surface area (Å²) in [6, 6.07) is 0. The first-order chi connectivity index (χ1) is 3.70. The fraction of sp³-hybridized carbons (Fsp3) is 0.429. The third-order valence-corrected chi connectivity index (χ3v) is 1.44. The van der Waals surface area contributed by atoms with Gasteiger partial charge in [-0.25, -0.2) is 4.39 Å². The highest BCUT2D eigenvalue weighted by molar-refractivity contribution is 5.36. The normalized spacial score (nSPS) is 20.9. The lowest BCUT2D eigenvalue weighted by Crippen LogP contribution is -1.80. The minimum absolute atomic E-state index is 0.824. The van der Waals surface area contributed by atoms with Crippen LogP contribution in [0.5, 0.6) is 0 Å². The maximum atomic E-state index is 12.3. The Balaban J connectivity index is 2.82. The maximum Gasteiger partial charge on any atom is 0.138 e. The van der Waals surface area contributed by atoms with E-state index in [1.807, 2.05) is 13.8 Å². The van der Waals surface area contributed by atoms with Crippen LogP contribution in [-0.4, -0.2) is 6.17 Å². The van der Waals surface area contributed by atoms with Crippen molar-refractivity contribution < 1.29 is 4.39 Å². The average Bonchev–Trinajstić information content (AvgIpc) is 1.85. The topological polar surface area (TPSA) is 0 Å². The van der Waals surface area contributed by atoms with E-state index in [1.165, 1.54) is 0 Å². The molecule has 0 amide bonds. The lowest BCUT2D eigenvalue weighted by Gasteiger charge is -1.87. The van der Waals surface area contributed by atoms with Crippen molar-refractivity contribution in [1.29, 1.82) is 0 Å². The van der Waals surface area contributed by atoms with E-state index in [0.29, 0.717) is 0 Å². The number of halogens is 1. The summed E-state index contributed by atoms with van der Waals surface area (Å²) < 4.78 is 12.3. The van der Waals surface area contributed by atoms with Gasteiger partial charge in [-0.05, 0) is 37.1 Å². The minimum atomic E-state index is -0.824. The van der Waals surface area contributed by atoms with Gasteiger partial charge in [0.25, 0.3) is 0 Å². The molecule has 0 radical (unpaired) electrons. The SMILES string of the molecule is CC1=CC(F)C=C1C. The van der Waals surface area contributed by atoms with Crippen molar-refractivity contribution in [1.82, 2.24) is 0 Å². The zero-order chi connectivity index (χ0) is 6.15. The van der Waals surface area contributed by atoms with Gasteiger partial charge in [-0.3, -0.25) is 0 Å². The van der Waals surface area contributed by atoms with E-state index in [9.17, 15) is 4.39 Å². The molecule has 0 aromatic rings. The van der Waals surface area contributed by atoms with Gasteiger partial charge in [-0.1, -0.05) is 0 Å². The Hall–Kier alpha value is -0.590. The van der Waals surface area contributed by atoms with E-state index >= 15 is 0 Å². The molecule has 1 rings (SSSR count). The maximum absolute atomic E-state index is 12.3. The molecule has 0 saturated carbocycles. The molecule has 44 valence electrons. The van der Waals surface area contributed by atoms with Crippen molar-refractivity contribution in [3.63, 3.8) is 0 Å². The molecule has 1 heteroatoms. The lowest BCUT2D eigenvalue weighted by molar-refractivity contribution is 0.472. The predicted octanol–water partition coefficient (Wildman–Crippen LogP) is 2.23. The summed E-state index contributed by atoms with van der Waals surface area (Å²) in [5, 5.41) is 0. The molecular formula is C7H9F. The van der Waals surface area contributed by atoms with Crippen LogP contribution in [0.15, 0.2) is 23.3 Å². The first-order valence-electron chi connectivity index (χ1n) is 2.71. The first kappa shape index (κ1) is 5.54. The largest absolute Gasteiger partial charge is 0.238 e. The number of allylic oxidation sites excluding steroid dienone is 4. The quantitative estimate of drug-likeness (QED) is 0.450. The number of alkyl halides is 1. The zero-order valence-corrected chi connectivity index (χ0v) is 5.11. The summed E-state index contributed by atoms with van der Waals surface area (Å²) in [5.41, 5.74) is 2.13. The molecule has 0 saturated heterocycles. The number of hydrogen-bond acceptors (Lipinski definition) is 0. The van der Waals surface area contributed by atoms with Gasteiger partial charge in [0.1, 0.15) is 6.17 Å². The monoisotopic (exact) mass is 112 g/mol. The summed E-state index contributed by atoms with van der Waals surface area (Å²) in [6.07, 6.45) is 2.42. The Bertz CT molecular complexity index is 136. The molecule has 0 heterocycles. The standard InChI is InChI=1S/C7H9F/c1-5-3-7(8)4-6(5)2/h3-4,7H,1-2H3. The molecule has 0 nitrogen and oxygen atoms in total. The van der Waals surface area contributed by atoms with E-state index in [2.05, 4.69) is 0 Å². The number of rotatable bonds is 0. The van der Waals surface area contributed by atoms with Crippen LogP contribution in [0.2, 0.25) is 0 Å². The summed E-state index contributed by atoms with van der Waals surface area (Å²) in [6.45, 7) is 3.84. The molecule has 0 unspecified atom stereocenters. The highest BCUT2D eigenvalue weighted by Gasteiger charge is 2.07. The van der Waals surface area contributed by atoms with Gasteiger partial charge in [0.15, 0.2) is 0 Å². The molecule has 0 N–H and O–H groups in total. The Morgan fingerprint density at radius 2 is 1.62 bits per heavy atom. The van der Waals surface area contributed by atoms with Crippen LogP contribution in [0.4, 0.5) is 4.39 Å².